The lowest BCUT2D eigenvalue weighted by molar-refractivity contribution is -0.0557. The molecule has 0 aliphatic carbocycles. The van der Waals surface area contributed by atoms with Crippen LogP contribution in [0, 0.1) is 0 Å². The molecule has 6 atom stereocenters. The Bertz CT molecular complexity index is 1240. The third-order valence-electron chi connectivity index (χ3n) is 6.43. The first-order chi connectivity index (χ1) is 20.9. The van der Waals surface area contributed by atoms with E-state index in [-0.39, 0.29) is 0 Å². The summed E-state index contributed by atoms with van der Waals surface area (Å²) in [4.78, 5) is 65.0. The minimum Gasteiger partial charge on any atom is -0.387 e. The fraction of sp³-hybridized carbons (Fsp3) is 0.833. The lowest BCUT2D eigenvalue weighted by atomic mass is 10.1. The van der Waals surface area contributed by atoms with Crippen molar-refractivity contribution < 1.29 is 61.4 Å². The Kier molecular flexibility index (Phi) is 18.3. The van der Waals surface area contributed by atoms with E-state index < -0.39 is 65.9 Å². The van der Waals surface area contributed by atoms with Gasteiger partial charge in [-0.05, 0) is 45.3 Å². The molecule has 264 valence electrons. The summed E-state index contributed by atoms with van der Waals surface area (Å²) in [6.45, 7) is 11.5. The Morgan fingerprint density at radius 2 is 1.38 bits per heavy atom. The Balaban J connectivity index is 0.000000656. The zero-order chi connectivity index (χ0) is 34.4. The number of aromatic amines is 1. The van der Waals surface area contributed by atoms with Crippen LogP contribution in [0.1, 0.15) is 84.6 Å². The van der Waals surface area contributed by atoms with E-state index >= 15 is 0 Å². The molecule has 2 rings (SSSR count). The molecule has 0 aromatic carbocycles. The second-order valence-corrected chi connectivity index (χ2v) is 14.8. The molecule has 1 aliphatic heterocycles. The normalized spacial score (nSPS) is 22.9. The van der Waals surface area contributed by atoms with Gasteiger partial charge in [-0.1, -0.05) is 53.4 Å². The van der Waals surface area contributed by atoms with Crippen LogP contribution < -0.4 is 11.2 Å². The second-order valence-electron chi connectivity index (χ2n) is 10.4. The number of unbranched alkanes of at least 4 members (excludes halogenated alkanes) is 3. The van der Waals surface area contributed by atoms with Crippen LogP contribution in [0.2, 0.25) is 0 Å². The minimum atomic E-state index is -5.75. The number of hydrogen-bond acceptors (Lipinski definition) is 12. The van der Waals surface area contributed by atoms with Gasteiger partial charge in [0.25, 0.3) is 5.56 Å². The maximum atomic E-state index is 12.3. The predicted octanol–water partition coefficient (Wildman–Crippen LogP) is 2.14. The van der Waals surface area contributed by atoms with E-state index in [9.17, 15) is 38.4 Å². The standard InChI is InChI=1S/C12H21N2O15P3.C12H27N/c1-2-3-6-4-8(15)14(12(18)13-6)11-10(17)9(16)7(27-11)5-26-31(22,23)29-32(24,25)28-30(19,20)21;1-4-7-10-13(11-8-5-2)12-9-6-3/h4,7,9-11,16-17H,2-3,5H2,1H3,(H,13,18)(H,22,23)(H,24,25)(H2,19,20,21);4-12H2,1-3H3/t7-,9-,10-,11-;/m1./s1. The number of phosphoric ester groups is 1. The summed E-state index contributed by atoms with van der Waals surface area (Å²) >= 11 is 0. The van der Waals surface area contributed by atoms with Gasteiger partial charge in [0.2, 0.25) is 0 Å². The number of ether oxygens (including phenoxy) is 1. The number of nitrogens with one attached hydrogen (secondary N) is 1. The Morgan fingerprint density at radius 1 is 0.844 bits per heavy atom. The van der Waals surface area contributed by atoms with Gasteiger partial charge in [-0.3, -0.25) is 9.32 Å². The third-order valence-corrected chi connectivity index (χ3v) is 10.2. The van der Waals surface area contributed by atoms with Crippen molar-refractivity contribution >= 4 is 23.5 Å². The van der Waals surface area contributed by atoms with Crippen molar-refractivity contribution in [2.24, 2.45) is 0 Å². The molecule has 18 nitrogen and oxygen atoms in total. The molecule has 2 unspecified atom stereocenters. The van der Waals surface area contributed by atoms with E-state index in [0.29, 0.717) is 23.1 Å². The topological polar surface area (TPSA) is 268 Å². The first-order valence-electron chi connectivity index (χ1n) is 14.8. The molecule has 1 aromatic rings. The molecule has 0 spiro atoms. The van der Waals surface area contributed by atoms with Crippen molar-refractivity contribution in [2.45, 2.75) is 104 Å². The van der Waals surface area contributed by atoms with Gasteiger partial charge in [-0.25, -0.2) is 23.1 Å². The zero-order valence-corrected chi connectivity index (χ0v) is 28.6. The first kappa shape index (κ1) is 42.0. The maximum absolute atomic E-state index is 12.3. The van der Waals surface area contributed by atoms with E-state index in [1.807, 2.05) is 6.92 Å². The number of aryl methyl sites for hydroxylation is 1. The Morgan fingerprint density at radius 3 is 1.82 bits per heavy atom. The number of nitrogens with zero attached hydrogens (tertiary/aromatic N) is 2. The predicted molar refractivity (Wildman–Crippen MR) is 162 cm³/mol. The van der Waals surface area contributed by atoms with Crippen molar-refractivity contribution in [3.8, 4) is 0 Å². The highest BCUT2D eigenvalue weighted by Crippen LogP contribution is 2.66. The first-order valence-corrected chi connectivity index (χ1v) is 19.3. The van der Waals surface area contributed by atoms with Crippen LogP contribution in [0.3, 0.4) is 0 Å². The average molecular weight is 712 g/mol. The number of aliphatic hydroxyl groups is 2. The molecule has 0 bridgehead atoms. The molecular formula is C24H48N3O15P3. The van der Waals surface area contributed by atoms with E-state index in [4.69, 9.17) is 19.4 Å². The molecule has 45 heavy (non-hydrogen) atoms. The van der Waals surface area contributed by atoms with Crippen LogP contribution in [0.5, 0.6) is 0 Å². The molecule has 21 heteroatoms. The molecule has 2 heterocycles. The average Bonchev–Trinajstić information content (AvgIpc) is 3.18. The van der Waals surface area contributed by atoms with Gasteiger partial charge in [0.1, 0.15) is 18.3 Å². The zero-order valence-electron chi connectivity index (χ0n) is 26.0. The van der Waals surface area contributed by atoms with Crippen LogP contribution in [-0.2, 0) is 38.0 Å². The van der Waals surface area contributed by atoms with Gasteiger partial charge >= 0.3 is 29.2 Å². The van der Waals surface area contributed by atoms with Crippen LogP contribution >= 0.6 is 23.5 Å². The molecule has 1 aromatic heterocycles. The summed E-state index contributed by atoms with van der Waals surface area (Å²) in [5.74, 6) is 0. The number of aliphatic hydroxyl groups excluding tert-OH is 2. The van der Waals surface area contributed by atoms with Gasteiger partial charge in [0.15, 0.2) is 6.23 Å². The number of rotatable bonds is 19. The fourth-order valence-corrected chi connectivity index (χ4v) is 7.26. The monoisotopic (exact) mass is 711 g/mol. The van der Waals surface area contributed by atoms with Crippen LogP contribution in [-0.4, -0.2) is 88.8 Å². The van der Waals surface area contributed by atoms with Crippen molar-refractivity contribution in [2.75, 3.05) is 26.2 Å². The van der Waals surface area contributed by atoms with E-state index in [0.717, 1.165) is 6.07 Å². The molecule has 1 saturated heterocycles. The van der Waals surface area contributed by atoms with Crippen molar-refractivity contribution in [1.29, 1.82) is 0 Å². The summed E-state index contributed by atoms with van der Waals surface area (Å²) in [5, 5.41) is 20.2. The molecular weight excluding hydrogens is 663 g/mol. The summed E-state index contributed by atoms with van der Waals surface area (Å²) < 4.78 is 50.7. The third kappa shape index (κ3) is 15.6. The highest BCUT2D eigenvalue weighted by Gasteiger charge is 2.47. The smallest absolute Gasteiger partial charge is 0.387 e. The van der Waals surface area contributed by atoms with Gasteiger partial charge in [-0.15, -0.1) is 0 Å². The highest BCUT2D eigenvalue weighted by atomic mass is 31.3. The van der Waals surface area contributed by atoms with Crippen LogP contribution in [0.4, 0.5) is 0 Å². The van der Waals surface area contributed by atoms with E-state index in [1.165, 1.54) is 58.2 Å². The second kappa shape index (κ2) is 19.7. The van der Waals surface area contributed by atoms with Gasteiger partial charge in [-0.2, -0.15) is 8.62 Å². The quantitative estimate of drug-likeness (QED) is 0.101. The Hall–Kier alpha value is -1.07. The van der Waals surface area contributed by atoms with E-state index in [1.54, 1.807) is 0 Å². The lowest BCUT2D eigenvalue weighted by Crippen LogP contribution is -2.43. The van der Waals surface area contributed by atoms with Gasteiger partial charge in [0, 0.05) is 11.8 Å². The number of phosphoric acid groups is 3. The highest BCUT2D eigenvalue weighted by molar-refractivity contribution is 7.66. The molecule has 0 amide bonds. The van der Waals surface area contributed by atoms with Crippen molar-refractivity contribution in [3.63, 3.8) is 0 Å². The largest absolute Gasteiger partial charge is 0.490 e. The summed E-state index contributed by atoms with van der Waals surface area (Å²) in [5.41, 5.74) is -1.48. The number of aromatic nitrogens is 2. The molecule has 0 saturated carbocycles. The van der Waals surface area contributed by atoms with E-state index in [2.05, 4.69) is 43.8 Å². The number of H-pyrrole nitrogens is 1. The van der Waals surface area contributed by atoms with Crippen molar-refractivity contribution in [1.82, 2.24) is 14.5 Å². The maximum Gasteiger partial charge on any atom is 0.490 e. The van der Waals surface area contributed by atoms with Crippen LogP contribution in [0.15, 0.2) is 15.7 Å². The fourth-order valence-electron chi connectivity index (χ4n) is 4.23. The van der Waals surface area contributed by atoms with Crippen molar-refractivity contribution in [3.05, 3.63) is 32.6 Å². The minimum absolute atomic E-state index is 0.330. The Labute approximate surface area is 261 Å². The van der Waals surface area contributed by atoms with Gasteiger partial charge < -0.3 is 44.4 Å². The molecule has 1 fully saturated rings. The lowest BCUT2D eigenvalue weighted by Gasteiger charge is -2.21. The summed E-state index contributed by atoms with van der Waals surface area (Å²) in [7, 11) is -16.8. The van der Waals surface area contributed by atoms with Gasteiger partial charge in [0.05, 0.1) is 6.61 Å². The number of hydrogen-bond donors (Lipinski definition) is 7. The summed E-state index contributed by atoms with van der Waals surface area (Å²) in [6, 6.07) is 1.09. The molecule has 7 N–H and O–H groups in total. The molecule has 1 aliphatic rings. The molecule has 0 radical (unpaired) electrons. The SMILES string of the molecule is CCCCN(CCCC)CCCC.CCCc1cc(=O)n([C@@H]2O[C@H](COP(=O)(O)OP(=O)(O)OP(=O)(O)O)[C@@H](O)[C@H]2O)c(=O)[nH]1. The summed E-state index contributed by atoms with van der Waals surface area (Å²) in [6.07, 6.45) is 2.04. The van der Waals surface area contributed by atoms with Crippen LogP contribution in [0.25, 0.3) is 0 Å².